The van der Waals surface area contributed by atoms with Gasteiger partial charge in [-0.15, -0.1) is 11.3 Å². The smallest absolute Gasteiger partial charge is 0.206 e. The van der Waals surface area contributed by atoms with Gasteiger partial charge in [-0.3, -0.25) is 4.99 Å². The molecule has 1 heterocycles. The van der Waals surface area contributed by atoms with Gasteiger partial charge < -0.3 is 19.7 Å². The van der Waals surface area contributed by atoms with Crippen molar-refractivity contribution in [1.29, 1.82) is 0 Å². The summed E-state index contributed by atoms with van der Waals surface area (Å²) in [7, 11) is 3.26. The van der Waals surface area contributed by atoms with E-state index in [2.05, 4.69) is 5.10 Å². The number of phenolic OH excluding ortho intramolecular Hbond substituents is 2. The Morgan fingerprint density at radius 1 is 1.03 bits per heavy atom. The van der Waals surface area contributed by atoms with Gasteiger partial charge in [-0.2, -0.15) is 5.10 Å². The third kappa shape index (κ3) is 4.80. The monoisotopic (exact) mass is 453 g/mol. The normalized spacial score (nSPS) is 15.4. The molecule has 0 saturated heterocycles. The lowest BCUT2D eigenvalue weighted by molar-refractivity contribution is 0.404. The summed E-state index contributed by atoms with van der Waals surface area (Å²) in [6.45, 7) is 0. The standard InChI is InChI=1S/C24H27N3O4S/c1-30-19-10-11-23(31-2)20(13-19)21-15-32-24(26-17-6-4-3-5-7-17)27(21)25-14-16-8-9-18(28)12-22(16)29/h8-15,17,28-29H,3-7H2,1-2H3. The molecular weight excluding hydrogens is 426 g/mol. The van der Waals surface area contributed by atoms with Gasteiger partial charge in [0.1, 0.15) is 23.0 Å². The van der Waals surface area contributed by atoms with Crippen molar-refractivity contribution >= 4 is 17.6 Å². The zero-order chi connectivity index (χ0) is 22.5. The first-order valence-corrected chi connectivity index (χ1v) is 11.5. The van der Waals surface area contributed by atoms with Crippen molar-refractivity contribution in [3.05, 3.63) is 52.1 Å². The van der Waals surface area contributed by atoms with Crippen LogP contribution in [0, 0.1) is 0 Å². The van der Waals surface area contributed by atoms with Crippen molar-refractivity contribution in [3.63, 3.8) is 0 Å². The van der Waals surface area contributed by atoms with E-state index in [0.29, 0.717) is 17.1 Å². The molecule has 0 radical (unpaired) electrons. The summed E-state index contributed by atoms with van der Waals surface area (Å²) in [5.74, 6) is 1.36. The molecule has 8 heteroatoms. The molecule has 0 spiro atoms. The van der Waals surface area contributed by atoms with Gasteiger partial charge in [-0.25, -0.2) is 4.68 Å². The molecule has 1 aliphatic rings. The third-order valence-corrected chi connectivity index (χ3v) is 6.39. The van der Waals surface area contributed by atoms with E-state index < -0.39 is 0 Å². The number of aromatic hydroxyl groups is 2. The van der Waals surface area contributed by atoms with Crippen LogP contribution in [0.3, 0.4) is 0 Å². The van der Waals surface area contributed by atoms with Crippen LogP contribution in [0.15, 0.2) is 51.9 Å². The van der Waals surface area contributed by atoms with Crippen LogP contribution in [0.2, 0.25) is 0 Å². The van der Waals surface area contributed by atoms with Crippen molar-refractivity contribution in [2.75, 3.05) is 14.2 Å². The van der Waals surface area contributed by atoms with Gasteiger partial charge in [0.05, 0.1) is 32.2 Å². The van der Waals surface area contributed by atoms with Gasteiger partial charge >= 0.3 is 0 Å². The Morgan fingerprint density at radius 3 is 2.56 bits per heavy atom. The van der Waals surface area contributed by atoms with Gasteiger partial charge in [0.25, 0.3) is 0 Å². The summed E-state index contributed by atoms with van der Waals surface area (Å²) < 4.78 is 12.8. The highest BCUT2D eigenvalue weighted by atomic mass is 32.1. The van der Waals surface area contributed by atoms with Gasteiger partial charge in [-0.1, -0.05) is 19.3 Å². The molecule has 0 atom stereocenters. The minimum Gasteiger partial charge on any atom is -0.508 e. The van der Waals surface area contributed by atoms with E-state index in [0.717, 1.165) is 28.9 Å². The predicted octanol–water partition coefficient (Wildman–Crippen LogP) is 4.76. The first-order chi connectivity index (χ1) is 15.6. The molecule has 4 rings (SSSR count). The van der Waals surface area contributed by atoms with Crippen LogP contribution < -0.4 is 14.3 Å². The lowest BCUT2D eigenvalue weighted by Gasteiger charge is -2.17. The van der Waals surface area contributed by atoms with Crippen LogP contribution in [0.5, 0.6) is 23.0 Å². The van der Waals surface area contributed by atoms with E-state index in [1.807, 2.05) is 23.6 Å². The summed E-state index contributed by atoms with van der Waals surface area (Å²) in [6, 6.07) is 10.3. The van der Waals surface area contributed by atoms with E-state index >= 15 is 0 Å². The van der Waals surface area contributed by atoms with Crippen molar-refractivity contribution in [3.8, 4) is 34.3 Å². The van der Waals surface area contributed by atoms with Gasteiger partial charge in [0.15, 0.2) is 0 Å². The maximum atomic E-state index is 10.2. The maximum absolute atomic E-state index is 10.2. The zero-order valence-corrected chi connectivity index (χ0v) is 19.0. The second kappa shape index (κ2) is 9.91. The Kier molecular flexibility index (Phi) is 6.80. The van der Waals surface area contributed by atoms with Crippen molar-refractivity contribution in [2.24, 2.45) is 10.1 Å². The largest absolute Gasteiger partial charge is 0.508 e. The topological polar surface area (TPSA) is 88.6 Å². The van der Waals surface area contributed by atoms with Crippen LogP contribution in [-0.2, 0) is 0 Å². The number of hydrogen-bond acceptors (Lipinski definition) is 7. The summed E-state index contributed by atoms with van der Waals surface area (Å²) in [5, 5.41) is 26.4. The molecule has 1 aliphatic carbocycles. The highest BCUT2D eigenvalue weighted by Crippen LogP contribution is 2.34. The van der Waals surface area contributed by atoms with E-state index in [1.54, 1.807) is 31.2 Å². The fourth-order valence-electron chi connectivity index (χ4n) is 3.83. The molecule has 1 fully saturated rings. The van der Waals surface area contributed by atoms with Gasteiger partial charge in [0.2, 0.25) is 4.80 Å². The van der Waals surface area contributed by atoms with E-state index in [9.17, 15) is 10.2 Å². The molecular formula is C24H27N3O4S. The second-order valence-corrected chi connectivity index (χ2v) is 8.53. The Labute approximate surface area is 190 Å². The van der Waals surface area contributed by atoms with Crippen LogP contribution >= 0.6 is 11.3 Å². The molecule has 168 valence electrons. The molecule has 7 nitrogen and oxygen atoms in total. The highest BCUT2D eigenvalue weighted by molar-refractivity contribution is 7.07. The SMILES string of the molecule is COc1ccc(OC)c(-c2csc(=NC3CCCCC3)n2N=Cc2ccc(O)cc2O)c1. The minimum atomic E-state index is -0.0455. The molecule has 32 heavy (non-hydrogen) atoms. The molecule has 2 aromatic carbocycles. The molecule has 0 aliphatic heterocycles. The molecule has 3 aromatic rings. The van der Waals surface area contributed by atoms with E-state index in [1.165, 1.54) is 42.7 Å². The third-order valence-electron chi connectivity index (χ3n) is 5.56. The number of benzene rings is 2. The fraction of sp³-hybridized carbons (Fsp3) is 0.333. The molecule has 0 amide bonds. The Bertz CT molecular complexity index is 1180. The van der Waals surface area contributed by atoms with Crippen LogP contribution in [0.1, 0.15) is 37.7 Å². The molecule has 1 saturated carbocycles. The Morgan fingerprint density at radius 2 is 1.84 bits per heavy atom. The number of thiazole rings is 1. The minimum absolute atomic E-state index is 0.00219. The zero-order valence-electron chi connectivity index (χ0n) is 18.2. The Balaban J connectivity index is 1.84. The highest BCUT2D eigenvalue weighted by Gasteiger charge is 2.16. The van der Waals surface area contributed by atoms with E-state index in [4.69, 9.17) is 14.5 Å². The number of hydrogen-bond donors (Lipinski definition) is 2. The number of rotatable bonds is 6. The molecule has 2 N–H and O–H groups in total. The van der Waals surface area contributed by atoms with Crippen LogP contribution in [0.25, 0.3) is 11.3 Å². The maximum Gasteiger partial charge on any atom is 0.206 e. The lowest BCUT2D eigenvalue weighted by Crippen LogP contribution is -2.19. The first-order valence-electron chi connectivity index (χ1n) is 10.6. The molecule has 0 bridgehead atoms. The summed E-state index contributed by atoms with van der Waals surface area (Å²) >= 11 is 1.52. The quantitative estimate of drug-likeness (QED) is 0.527. The van der Waals surface area contributed by atoms with Crippen LogP contribution in [0.4, 0.5) is 0 Å². The summed E-state index contributed by atoms with van der Waals surface area (Å²) in [6.07, 6.45) is 7.39. The average Bonchev–Trinajstić information content (AvgIpc) is 3.20. The summed E-state index contributed by atoms with van der Waals surface area (Å²) in [4.78, 5) is 5.79. The summed E-state index contributed by atoms with van der Waals surface area (Å²) in [5.41, 5.74) is 2.14. The number of methoxy groups -OCH3 is 2. The van der Waals surface area contributed by atoms with Crippen molar-refractivity contribution in [2.45, 2.75) is 38.1 Å². The number of phenols is 2. The van der Waals surface area contributed by atoms with Gasteiger partial charge in [-0.05, 0) is 43.2 Å². The number of nitrogens with zero attached hydrogens (tertiary/aromatic N) is 3. The molecule has 0 unspecified atom stereocenters. The number of ether oxygens (including phenoxy) is 2. The fourth-order valence-corrected chi connectivity index (χ4v) is 4.73. The van der Waals surface area contributed by atoms with E-state index in [-0.39, 0.29) is 17.5 Å². The van der Waals surface area contributed by atoms with Crippen LogP contribution in [-0.4, -0.2) is 41.4 Å². The Hall–Kier alpha value is -3.26. The number of aromatic nitrogens is 1. The lowest BCUT2D eigenvalue weighted by atomic mass is 9.96. The van der Waals surface area contributed by atoms with Gasteiger partial charge in [0, 0.05) is 22.6 Å². The predicted molar refractivity (Wildman–Crippen MR) is 126 cm³/mol. The first kappa shape index (κ1) is 22.0. The average molecular weight is 454 g/mol. The second-order valence-electron chi connectivity index (χ2n) is 7.69. The molecule has 1 aromatic heterocycles. The van der Waals surface area contributed by atoms with Crippen molar-refractivity contribution < 1.29 is 19.7 Å². The van der Waals surface area contributed by atoms with Crippen molar-refractivity contribution in [1.82, 2.24) is 4.68 Å².